The van der Waals surface area contributed by atoms with Crippen LogP contribution in [0.3, 0.4) is 0 Å². The van der Waals surface area contributed by atoms with Gasteiger partial charge in [-0.15, -0.1) is 0 Å². The van der Waals surface area contributed by atoms with Crippen molar-refractivity contribution in [3.05, 3.63) is 57.5 Å². The van der Waals surface area contributed by atoms with Crippen LogP contribution in [0.4, 0.5) is 10.8 Å². The SMILES string of the molecule is Clc1ccc(Nc2nc(-c3c(Cl)cccc3Cl)ns2)cc1. The molecule has 0 saturated carbocycles. The van der Waals surface area contributed by atoms with Gasteiger partial charge in [-0.25, -0.2) is 0 Å². The number of hydrogen-bond acceptors (Lipinski definition) is 4. The molecule has 0 spiro atoms. The monoisotopic (exact) mass is 355 g/mol. The second kappa shape index (κ2) is 6.20. The Labute approximate surface area is 140 Å². The first-order valence-electron chi connectivity index (χ1n) is 5.94. The van der Waals surface area contributed by atoms with Crippen LogP contribution >= 0.6 is 46.3 Å². The van der Waals surface area contributed by atoms with Crippen LogP contribution in [0, 0.1) is 0 Å². The van der Waals surface area contributed by atoms with Crippen LogP contribution in [0.25, 0.3) is 11.4 Å². The van der Waals surface area contributed by atoms with Gasteiger partial charge in [0.1, 0.15) is 0 Å². The molecular formula is C14H8Cl3N3S. The molecule has 1 N–H and O–H groups in total. The molecule has 2 aromatic carbocycles. The van der Waals surface area contributed by atoms with Gasteiger partial charge in [-0.2, -0.15) is 9.36 Å². The lowest BCUT2D eigenvalue weighted by Gasteiger charge is -2.02. The molecule has 3 nitrogen and oxygen atoms in total. The summed E-state index contributed by atoms with van der Waals surface area (Å²) in [5, 5.41) is 5.55. The molecule has 0 aliphatic carbocycles. The minimum Gasteiger partial charge on any atom is -0.330 e. The molecule has 106 valence electrons. The molecule has 0 saturated heterocycles. The van der Waals surface area contributed by atoms with Gasteiger partial charge >= 0.3 is 0 Å². The predicted molar refractivity (Wildman–Crippen MR) is 90.1 cm³/mol. The summed E-state index contributed by atoms with van der Waals surface area (Å²) in [5.41, 5.74) is 1.52. The van der Waals surface area contributed by atoms with Gasteiger partial charge in [-0.3, -0.25) is 0 Å². The van der Waals surface area contributed by atoms with Crippen LogP contribution in [0.5, 0.6) is 0 Å². The quantitative estimate of drug-likeness (QED) is 0.634. The van der Waals surface area contributed by atoms with E-state index in [2.05, 4.69) is 14.7 Å². The number of nitrogens with zero attached hydrogens (tertiary/aromatic N) is 2. The van der Waals surface area contributed by atoms with Crippen molar-refractivity contribution in [3.63, 3.8) is 0 Å². The van der Waals surface area contributed by atoms with Gasteiger partial charge in [0.15, 0.2) is 5.82 Å². The Morgan fingerprint density at radius 2 is 1.57 bits per heavy atom. The van der Waals surface area contributed by atoms with Crippen LogP contribution < -0.4 is 5.32 Å². The van der Waals surface area contributed by atoms with Gasteiger partial charge < -0.3 is 5.32 Å². The Bertz CT molecular complexity index is 751. The van der Waals surface area contributed by atoms with E-state index < -0.39 is 0 Å². The summed E-state index contributed by atoms with van der Waals surface area (Å²) < 4.78 is 4.29. The zero-order valence-electron chi connectivity index (χ0n) is 10.5. The Morgan fingerprint density at radius 1 is 0.905 bits per heavy atom. The first kappa shape index (κ1) is 14.6. The smallest absolute Gasteiger partial charge is 0.207 e. The van der Waals surface area contributed by atoms with Crippen molar-refractivity contribution in [2.24, 2.45) is 0 Å². The highest BCUT2D eigenvalue weighted by Crippen LogP contribution is 2.34. The lowest BCUT2D eigenvalue weighted by Crippen LogP contribution is -1.89. The Kier molecular flexibility index (Phi) is 4.31. The summed E-state index contributed by atoms with van der Waals surface area (Å²) in [6, 6.07) is 12.6. The standard InChI is InChI=1S/C14H8Cl3N3S/c15-8-4-6-9(7-5-8)18-14-19-13(20-21-14)12-10(16)2-1-3-11(12)17/h1-7H,(H,18,19,20). The predicted octanol–water partition coefficient (Wildman–Crippen LogP) is 5.91. The summed E-state index contributed by atoms with van der Waals surface area (Å²) in [5.74, 6) is 0.507. The third-order valence-corrected chi connectivity index (χ3v) is 4.22. The van der Waals surface area contributed by atoms with Crippen LogP contribution in [0.1, 0.15) is 0 Å². The number of anilines is 2. The molecule has 0 radical (unpaired) electrons. The number of hydrogen-bond donors (Lipinski definition) is 1. The molecular weight excluding hydrogens is 349 g/mol. The third kappa shape index (κ3) is 3.30. The molecule has 7 heteroatoms. The number of rotatable bonds is 3. The average molecular weight is 357 g/mol. The second-order valence-corrected chi connectivity index (χ2v) is 6.15. The first-order valence-corrected chi connectivity index (χ1v) is 7.85. The fourth-order valence-electron chi connectivity index (χ4n) is 1.74. The summed E-state index contributed by atoms with van der Waals surface area (Å²) in [7, 11) is 0. The van der Waals surface area contributed by atoms with E-state index in [0.29, 0.717) is 31.6 Å². The molecule has 0 aliphatic rings. The summed E-state index contributed by atoms with van der Waals surface area (Å²) in [4.78, 5) is 4.41. The fourth-order valence-corrected chi connectivity index (χ4v) is 3.03. The zero-order valence-corrected chi connectivity index (χ0v) is 13.6. The lowest BCUT2D eigenvalue weighted by molar-refractivity contribution is 1.32. The molecule has 0 atom stereocenters. The summed E-state index contributed by atoms with van der Waals surface area (Å²) in [6.07, 6.45) is 0. The van der Waals surface area contributed by atoms with Crippen LogP contribution in [-0.4, -0.2) is 9.36 Å². The fraction of sp³-hybridized carbons (Fsp3) is 0. The molecule has 1 heterocycles. The third-order valence-electron chi connectivity index (χ3n) is 2.71. The van der Waals surface area contributed by atoms with Crippen LogP contribution in [-0.2, 0) is 0 Å². The second-order valence-electron chi connectivity index (χ2n) is 4.15. The number of nitrogens with one attached hydrogen (secondary N) is 1. The normalized spacial score (nSPS) is 10.6. The number of aromatic nitrogens is 2. The van der Waals surface area contributed by atoms with Gasteiger partial charge in [0.25, 0.3) is 0 Å². The number of halogens is 3. The van der Waals surface area contributed by atoms with E-state index in [9.17, 15) is 0 Å². The van der Waals surface area contributed by atoms with Crippen molar-refractivity contribution < 1.29 is 0 Å². The lowest BCUT2D eigenvalue weighted by atomic mass is 10.2. The zero-order chi connectivity index (χ0) is 14.8. The van der Waals surface area contributed by atoms with E-state index in [1.54, 1.807) is 30.3 Å². The Hall–Kier alpha value is -1.33. The van der Waals surface area contributed by atoms with Crippen molar-refractivity contribution in [1.29, 1.82) is 0 Å². The van der Waals surface area contributed by atoms with Crippen LogP contribution in [0.2, 0.25) is 15.1 Å². The molecule has 1 aromatic heterocycles. The van der Waals surface area contributed by atoms with Gasteiger partial charge in [0, 0.05) is 22.2 Å². The minimum atomic E-state index is 0.507. The van der Waals surface area contributed by atoms with E-state index in [1.807, 2.05) is 12.1 Å². The molecule has 0 aliphatic heterocycles. The van der Waals surface area contributed by atoms with Crippen LogP contribution in [0.15, 0.2) is 42.5 Å². The van der Waals surface area contributed by atoms with E-state index >= 15 is 0 Å². The van der Waals surface area contributed by atoms with Gasteiger partial charge in [0.05, 0.1) is 15.6 Å². The van der Waals surface area contributed by atoms with Gasteiger partial charge in [-0.05, 0) is 36.4 Å². The first-order chi connectivity index (χ1) is 10.1. The molecule has 0 unspecified atom stereocenters. The average Bonchev–Trinajstić information content (AvgIpc) is 2.89. The maximum absolute atomic E-state index is 6.16. The molecule has 0 bridgehead atoms. The van der Waals surface area contributed by atoms with Crippen molar-refractivity contribution in [1.82, 2.24) is 9.36 Å². The van der Waals surface area contributed by atoms with E-state index in [0.717, 1.165) is 5.69 Å². The number of benzene rings is 2. The molecule has 21 heavy (non-hydrogen) atoms. The highest BCUT2D eigenvalue weighted by Gasteiger charge is 2.13. The van der Waals surface area contributed by atoms with Gasteiger partial charge in [0.2, 0.25) is 5.13 Å². The van der Waals surface area contributed by atoms with Crippen molar-refractivity contribution >= 4 is 57.2 Å². The largest absolute Gasteiger partial charge is 0.330 e. The van der Waals surface area contributed by atoms with E-state index in [4.69, 9.17) is 34.8 Å². The maximum Gasteiger partial charge on any atom is 0.207 e. The van der Waals surface area contributed by atoms with E-state index in [-0.39, 0.29) is 0 Å². The topological polar surface area (TPSA) is 37.8 Å². The summed E-state index contributed by atoms with van der Waals surface area (Å²) in [6.45, 7) is 0. The van der Waals surface area contributed by atoms with Crippen molar-refractivity contribution in [2.45, 2.75) is 0 Å². The maximum atomic E-state index is 6.16. The highest BCUT2D eigenvalue weighted by atomic mass is 35.5. The Balaban J connectivity index is 1.88. The van der Waals surface area contributed by atoms with Gasteiger partial charge in [-0.1, -0.05) is 40.9 Å². The molecule has 3 rings (SSSR count). The minimum absolute atomic E-state index is 0.507. The summed E-state index contributed by atoms with van der Waals surface area (Å²) >= 11 is 19.4. The Morgan fingerprint density at radius 3 is 2.24 bits per heavy atom. The molecule has 0 amide bonds. The molecule has 3 aromatic rings. The van der Waals surface area contributed by atoms with E-state index in [1.165, 1.54) is 11.5 Å². The molecule has 0 fully saturated rings. The van der Waals surface area contributed by atoms with Crippen molar-refractivity contribution in [2.75, 3.05) is 5.32 Å². The van der Waals surface area contributed by atoms with Crippen molar-refractivity contribution in [3.8, 4) is 11.4 Å². The highest BCUT2D eigenvalue weighted by molar-refractivity contribution is 7.10.